The number of hydrogen-bond acceptors (Lipinski definition) is 3. The van der Waals surface area contributed by atoms with E-state index in [-0.39, 0.29) is 0 Å². The topological polar surface area (TPSA) is 29.5 Å². The van der Waals surface area contributed by atoms with Crippen molar-refractivity contribution < 1.29 is 9.53 Å². The summed E-state index contributed by atoms with van der Waals surface area (Å²) in [6.45, 7) is 9.48. The quantitative estimate of drug-likeness (QED) is 0.746. The SMILES string of the molecule is C=C(c1cc(C)cc(C)c1)N1CCOC1C=O. The number of hydrogen-bond donors (Lipinski definition) is 0. The van der Waals surface area contributed by atoms with Gasteiger partial charge in [-0.15, -0.1) is 0 Å². The van der Waals surface area contributed by atoms with Gasteiger partial charge in [-0.25, -0.2) is 0 Å². The molecule has 1 unspecified atom stereocenters. The fraction of sp³-hybridized carbons (Fsp3) is 0.357. The van der Waals surface area contributed by atoms with Gasteiger partial charge in [0.2, 0.25) is 0 Å². The molecule has 1 aromatic carbocycles. The molecule has 0 aromatic heterocycles. The molecule has 1 aliphatic heterocycles. The number of carbonyl (C=O) groups excluding carboxylic acids is 1. The third kappa shape index (κ3) is 2.39. The lowest BCUT2D eigenvalue weighted by molar-refractivity contribution is -0.119. The minimum absolute atomic E-state index is 0.483. The minimum Gasteiger partial charge on any atom is -0.349 e. The van der Waals surface area contributed by atoms with E-state index in [1.165, 1.54) is 11.1 Å². The van der Waals surface area contributed by atoms with Gasteiger partial charge in [0.05, 0.1) is 6.61 Å². The fourth-order valence-corrected chi connectivity index (χ4v) is 2.20. The van der Waals surface area contributed by atoms with E-state index in [0.29, 0.717) is 6.61 Å². The second-order valence-electron chi connectivity index (χ2n) is 4.41. The highest BCUT2D eigenvalue weighted by molar-refractivity contribution is 5.68. The number of aryl methyl sites for hydroxylation is 2. The number of nitrogens with zero attached hydrogens (tertiary/aromatic N) is 1. The molecule has 1 heterocycles. The third-order valence-electron chi connectivity index (χ3n) is 2.95. The minimum atomic E-state index is -0.483. The van der Waals surface area contributed by atoms with E-state index in [1.54, 1.807) is 0 Å². The van der Waals surface area contributed by atoms with Crippen molar-refractivity contribution in [2.45, 2.75) is 20.1 Å². The standard InChI is InChI=1S/C14H17NO2/c1-10-6-11(2)8-13(7-10)12(3)15-4-5-17-14(15)9-16/h6-9,14H,3-5H2,1-2H3. The van der Waals surface area contributed by atoms with Crippen molar-refractivity contribution in [3.8, 4) is 0 Å². The molecule has 90 valence electrons. The zero-order chi connectivity index (χ0) is 12.4. The Labute approximate surface area is 102 Å². The van der Waals surface area contributed by atoms with E-state index < -0.39 is 6.23 Å². The van der Waals surface area contributed by atoms with Crippen LogP contribution in [0.15, 0.2) is 24.8 Å². The summed E-state index contributed by atoms with van der Waals surface area (Å²) in [6.07, 6.45) is 0.337. The Balaban J connectivity index is 2.27. The van der Waals surface area contributed by atoms with Crippen LogP contribution < -0.4 is 0 Å². The molecule has 0 N–H and O–H groups in total. The molecule has 0 saturated carbocycles. The van der Waals surface area contributed by atoms with Gasteiger partial charge in [0.1, 0.15) is 0 Å². The summed E-state index contributed by atoms with van der Waals surface area (Å²) in [5, 5.41) is 0. The van der Waals surface area contributed by atoms with Crippen LogP contribution in [0.4, 0.5) is 0 Å². The van der Waals surface area contributed by atoms with Crippen LogP contribution in [0, 0.1) is 13.8 Å². The average Bonchev–Trinajstić information content (AvgIpc) is 2.74. The summed E-state index contributed by atoms with van der Waals surface area (Å²) in [4.78, 5) is 12.8. The lowest BCUT2D eigenvalue weighted by Gasteiger charge is -2.23. The first-order chi connectivity index (χ1) is 8.11. The van der Waals surface area contributed by atoms with Crippen LogP contribution in [0.1, 0.15) is 16.7 Å². The molecule has 3 heteroatoms. The molecular formula is C14H17NO2. The van der Waals surface area contributed by atoms with Gasteiger partial charge < -0.3 is 9.64 Å². The van der Waals surface area contributed by atoms with Crippen LogP contribution in [-0.4, -0.2) is 30.6 Å². The zero-order valence-electron chi connectivity index (χ0n) is 10.3. The molecule has 0 amide bonds. The molecule has 0 aliphatic carbocycles. The fourth-order valence-electron chi connectivity index (χ4n) is 2.20. The molecule has 0 radical (unpaired) electrons. The molecule has 1 fully saturated rings. The third-order valence-corrected chi connectivity index (χ3v) is 2.95. The van der Waals surface area contributed by atoms with Gasteiger partial charge in [-0.1, -0.05) is 23.8 Å². The van der Waals surface area contributed by atoms with Crippen molar-refractivity contribution >= 4 is 12.0 Å². The summed E-state index contributed by atoms with van der Waals surface area (Å²) in [5.74, 6) is 0. The first-order valence-electron chi connectivity index (χ1n) is 5.73. The van der Waals surface area contributed by atoms with E-state index >= 15 is 0 Å². The first kappa shape index (κ1) is 11.9. The van der Waals surface area contributed by atoms with Gasteiger partial charge >= 0.3 is 0 Å². The highest BCUT2D eigenvalue weighted by Gasteiger charge is 2.26. The maximum Gasteiger partial charge on any atom is 0.186 e. The summed E-state index contributed by atoms with van der Waals surface area (Å²) in [7, 11) is 0. The predicted molar refractivity (Wildman–Crippen MR) is 67.5 cm³/mol. The van der Waals surface area contributed by atoms with Gasteiger partial charge in [-0.05, 0) is 31.5 Å². The van der Waals surface area contributed by atoms with E-state index in [2.05, 4.69) is 38.6 Å². The lowest BCUT2D eigenvalue weighted by atomic mass is 10.0. The largest absolute Gasteiger partial charge is 0.349 e. The zero-order valence-corrected chi connectivity index (χ0v) is 10.3. The number of rotatable bonds is 3. The van der Waals surface area contributed by atoms with Gasteiger partial charge in [-0.3, -0.25) is 4.79 Å². The van der Waals surface area contributed by atoms with Crippen LogP contribution in [0.25, 0.3) is 5.70 Å². The summed E-state index contributed by atoms with van der Waals surface area (Å²) < 4.78 is 5.31. The Hall–Kier alpha value is -1.61. The highest BCUT2D eigenvalue weighted by atomic mass is 16.5. The second kappa shape index (κ2) is 4.72. The van der Waals surface area contributed by atoms with Gasteiger partial charge in [-0.2, -0.15) is 0 Å². The van der Waals surface area contributed by atoms with Gasteiger partial charge in [0, 0.05) is 12.2 Å². The van der Waals surface area contributed by atoms with Crippen molar-refractivity contribution in [2.24, 2.45) is 0 Å². The maximum atomic E-state index is 10.9. The number of ether oxygens (including phenoxy) is 1. The monoisotopic (exact) mass is 231 g/mol. The van der Waals surface area contributed by atoms with Crippen molar-refractivity contribution in [3.05, 3.63) is 41.5 Å². The maximum absolute atomic E-state index is 10.9. The molecule has 1 atom stereocenters. The molecule has 0 spiro atoms. The van der Waals surface area contributed by atoms with Crippen LogP contribution in [0.2, 0.25) is 0 Å². The molecule has 3 nitrogen and oxygen atoms in total. The van der Waals surface area contributed by atoms with E-state index in [0.717, 1.165) is 24.1 Å². The Morgan fingerprint density at radius 1 is 1.41 bits per heavy atom. The highest BCUT2D eigenvalue weighted by Crippen LogP contribution is 2.24. The van der Waals surface area contributed by atoms with E-state index in [9.17, 15) is 4.79 Å². The summed E-state index contributed by atoms with van der Waals surface area (Å²) in [5.41, 5.74) is 4.30. The molecule has 2 rings (SSSR count). The number of benzene rings is 1. The molecule has 1 aliphatic rings. The first-order valence-corrected chi connectivity index (χ1v) is 5.73. The van der Waals surface area contributed by atoms with E-state index in [1.807, 2.05) is 4.90 Å². The van der Waals surface area contributed by atoms with Crippen LogP contribution >= 0.6 is 0 Å². The molecule has 17 heavy (non-hydrogen) atoms. The summed E-state index contributed by atoms with van der Waals surface area (Å²) in [6, 6.07) is 6.28. The smallest absolute Gasteiger partial charge is 0.186 e. The predicted octanol–water partition coefficient (Wildman–Crippen LogP) is 2.13. The van der Waals surface area contributed by atoms with Gasteiger partial charge in [0.25, 0.3) is 0 Å². The van der Waals surface area contributed by atoms with E-state index in [4.69, 9.17) is 4.74 Å². The van der Waals surface area contributed by atoms with Gasteiger partial charge in [0.15, 0.2) is 12.5 Å². The number of aldehydes is 1. The van der Waals surface area contributed by atoms with Crippen molar-refractivity contribution in [2.75, 3.05) is 13.2 Å². The van der Waals surface area contributed by atoms with Crippen LogP contribution in [0.3, 0.4) is 0 Å². The molecule has 1 aromatic rings. The Kier molecular flexibility index (Phi) is 3.29. The van der Waals surface area contributed by atoms with Crippen molar-refractivity contribution in [1.82, 2.24) is 4.90 Å². The van der Waals surface area contributed by atoms with Crippen LogP contribution in [0.5, 0.6) is 0 Å². The summed E-state index contributed by atoms with van der Waals surface area (Å²) >= 11 is 0. The second-order valence-corrected chi connectivity index (χ2v) is 4.41. The van der Waals surface area contributed by atoms with Crippen molar-refractivity contribution in [1.29, 1.82) is 0 Å². The molecular weight excluding hydrogens is 214 g/mol. The normalized spacial score (nSPS) is 19.4. The number of carbonyl (C=O) groups is 1. The molecule has 0 bridgehead atoms. The Morgan fingerprint density at radius 3 is 2.65 bits per heavy atom. The lowest BCUT2D eigenvalue weighted by Crippen LogP contribution is -2.29. The van der Waals surface area contributed by atoms with Crippen molar-refractivity contribution in [3.63, 3.8) is 0 Å². The average molecular weight is 231 g/mol. The molecule has 1 saturated heterocycles. The van der Waals surface area contributed by atoms with Crippen LogP contribution in [-0.2, 0) is 9.53 Å². The Morgan fingerprint density at radius 2 is 2.06 bits per heavy atom. The Bertz CT molecular complexity index is 433.